The van der Waals surface area contributed by atoms with E-state index < -0.39 is 0 Å². The highest BCUT2D eigenvalue weighted by Gasteiger charge is 2.23. The molecule has 0 aliphatic rings. The monoisotopic (exact) mass is 392 g/mol. The maximum absolute atomic E-state index is 12.6. The molecule has 3 rings (SSSR count). The largest absolute Gasteiger partial charge is 0.463 e. The van der Waals surface area contributed by atoms with Crippen LogP contribution in [-0.2, 0) is 9.59 Å². The normalized spacial score (nSPS) is 11.7. The summed E-state index contributed by atoms with van der Waals surface area (Å²) in [6, 6.07) is 21.0. The first-order chi connectivity index (χ1) is 14.0. The van der Waals surface area contributed by atoms with Crippen molar-refractivity contribution >= 4 is 17.5 Å². The number of nitrogens with zero attached hydrogens (tertiary/aromatic N) is 1. The first kappa shape index (κ1) is 20.4. The SMILES string of the molecule is Cc1ccc(NC(=O)CN(C)C(=O)C[NH2+][C@H](c2ccccc2)c2ccco2)cc1. The minimum Gasteiger partial charge on any atom is -0.463 e. The van der Waals surface area contributed by atoms with E-state index in [0.29, 0.717) is 0 Å². The maximum Gasteiger partial charge on any atom is 0.277 e. The van der Waals surface area contributed by atoms with Gasteiger partial charge in [0, 0.05) is 18.3 Å². The Morgan fingerprint density at radius 2 is 1.76 bits per heavy atom. The molecule has 29 heavy (non-hydrogen) atoms. The molecule has 3 aromatic rings. The number of nitrogens with two attached hydrogens (primary N) is 1. The van der Waals surface area contributed by atoms with Crippen LogP contribution in [0.15, 0.2) is 77.4 Å². The highest BCUT2D eigenvalue weighted by molar-refractivity contribution is 5.94. The van der Waals surface area contributed by atoms with E-state index in [4.69, 9.17) is 4.42 Å². The van der Waals surface area contributed by atoms with Crippen LogP contribution in [0.3, 0.4) is 0 Å². The first-order valence-corrected chi connectivity index (χ1v) is 9.55. The van der Waals surface area contributed by atoms with Crippen LogP contribution in [-0.4, -0.2) is 36.9 Å². The number of rotatable bonds is 8. The molecule has 0 saturated heterocycles. The van der Waals surface area contributed by atoms with Gasteiger partial charge in [0.15, 0.2) is 18.3 Å². The van der Waals surface area contributed by atoms with Gasteiger partial charge in [-0.1, -0.05) is 48.0 Å². The zero-order chi connectivity index (χ0) is 20.6. The molecule has 2 amide bonds. The number of benzene rings is 2. The van der Waals surface area contributed by atoms with Crippen LogP contribution in [0.2, 0.25) is 0 Å². The third kappa shape index (κ3) is 5.80. The first-order valence-electron chi connectivity index (χ1n) is 9.55. The fourth-order valence-corrected chi connectivity index (χ4v) is 3.06. The molecule has 0 aliphatic carbocycles. The smallest absolute Gasteiger partial charge is 0.277 e. The molecule has 1 atom stereocenters. The number of nitrogens with one attached hydrogen (secondary N) is 1. The summed E-state index contributed by atoms with van der Waals surface area (Å²) in [4.78, 5) is 26.2. The Bertz CT molecular complexity index is 922. The van der Waals surface area contributed by atoms with Gasteiger partial charge in [0.05, 0.1) is 12.8 Å². The lowest BCUT2D eigenvalue weighted by Gasteiger charge is -2.18. The number of hydrogen-bond acceptors (Lipinski definition) is 3. The predicted octanol–water partition coefficient (Wildman–Crippen LogP) is 2.34. The molecule has 0 bridgehead atoms. The van der Waals surface area contributed by atoms with Crippen molar-refractivity contribution in [1.29, 1.82) is 0 Å². The number of furan rings is 1. The molecule has 1 aromatic heterocycles. The molecule has 0 unspecified atom stereocenters. The number of amides is 2. The number of anilines is 1. The second-order valence-corrected chi connectivity index (χ2v) is 7.01. The van der Waals surface area contributed by atoms with Gasteiger partial charge < -0.3 is 20.0 Å². The molecule has 0 spiro atoms. The minimum absolute atomic E-state index is 0.00267. The van der Waals surface area contributed by atoms with Crippen LogP contribution >= 0.6 is 0 Å². The molecule has 0 radical (unpaired) electrons. The van der Waals surface area contributed by atoms with Crippen LogP contribution < -0.4 is 10.6 Å². The zero-order valence-corrected chi connectivity index (χ0v) is 16.7. The number of quaternary nitrogens is 1. The van der Waals surface area contributed by atoms with Crippen LogP contribution in [0.1, 0.15) is 22.9 Å². The second kappa shape index (κ2) is 9.71. The van der Waals surface area contributed by atoms with Crippen LogP contribution in [0, 0.1) is 6.92 Å². The molecule has 2 aromatic carbocycles. The number of aryl methyl sites for hydroxylation is 1. The summed E-state index contributed by atoms with van der Waals surface area (Å²) in [5.74, 6) is 0.427. The van der Waals surface area contributed by atoms with Gasteiger partial charge >= 0.3 is 0 Å². The number of hydrogen-bond donors (Lipinski definition) is 2. The molecule has 6 heteroatoms. The zero-order valence-electron chi connectivity index (χ0n) is 16.7. The Balaban J connectivity index is 1.55. The highest BCUT2D eigenvalue weighted by atomic mass is 16.3. The van der Waals surface area contributed by atoms with Crippen LogP contribution in [0.4, 0.5) is 5.69 Å². The van der Waals surface area contributed by atoms with Crippen molar-refractivity contribution < 1.29 is 19.3 Å². The van der Waals surface area contributed by atoms with E-state index >= 15 is 0 Å². The Hall–Kier alpha value is -3.38. The van der Waals surface area contributed by atoms with Gasteiger partial charge in [-0.05, 0) is 31.2 Å². The Morgan fingerprint density at radius 3 is 2.41 bits per heavy atom. The topological polar surface area (TPSA) is 79.2 Å². The van der Waals surface area contributed by atoms with E-state index in [1.54, 1.807) is 13.3 Å². The molecule has 3 N–H and O–H groups in total. The molecule has 150 valence electrons. The fraction of sp³-hybridized carbons (Fsp3) is 0.217. The van der Waals surface area contributed by atoms with E-state index in [1.807, 2.05) is 79.0 Å². The third-order valence-electron chi connectivity index (χ3n) is 4.68. The minimum atomic E-state index is -0.227. The summed E-state index contributed by atoms with van der Waals surface area (Å²) in [7, 11) is 1.63. The van der Waals surface area contributed by atoms with Gasteiger partial charge in [0.25, 0.3) is 5.91 Å². The summed E-state index contributed by atoms with van der Waals surface area (Å²) < 4.78 is 5.56. The van der Waals surface area contributed by atoms with Gasteiger partial charge in [-0.3, -0.25) is 9.59 Å². The summed E-state index contributed by atoms with van der Waals surface area (Å²) in [5.41, 5.74) is 2.89. The molecule has 0 saturated carbocycles. The quantitative estimate of drug-likeness (QED) is 0.618. The number of carbonyl (C=O) groups excluding carboxylic acids is 2. The van der Waals surface area contributed by atoms with Gasteiger partial charge in [-0.25, -0.2) is 0 Å². The van der Waals surface area contributed by atoms with Crippen LogP contribution in [0.25, 0.3) is 0 Å². The summed E-state index contributed by atoms with van der Waals surface area (Å²) in [5, 5.41) is 4.73. The lowest BCUT2D eigenvalue weighted by molar-refractivity contribution is -0.679. The summed E-state index contributed by atoms with van der Waals surface area (Å²) >= 11 is 0. The molecule has 1 heterocycles. The van der Waals surface area contributed by atoms with Gasteiger partial charge in [-0.15, -0.1) is 0 Å². The van der Waals surface area contributed by atoms with E-state index in [1.165, 1.54) is 4.90 Å². The molecule has 0 aliphatic heterocycles. The number of likely N-dealkylation sites (N-methyl/N-ethyl adjacent to an activating group) is 1. The van der Waals surface area contributed by atoms with E-state index in [9.17, 15) is 9.59 Å². The van der Waals surface area contributed by atoms with Crippen molar-refractivity contribution in [3.8, 4) is 0 Å². The van der Waals surface area contributed by atoms with Crippen molar-refractivity contribution in [3.05, 3.63) is 89.9 Å². The molecule has 6 nitrogen and oxygen atoms in total. The van der Waals surface area contributed by atoms with Gasteiger partial charge in [-0.2, -0.15) is 0 Å². The van der Waals surface area contributed by atoms with Gasteiger partial charge in [0.2, 0.25) is 5.91 Å². The summed E-state index contributed by atoms with van der Waals surface area (Å²) in [6.07, 6.45) is 1.63. The lowest BCUT2D eigenvalue weighted by atomic mass is 10.0. The van der Waals surface area contributed by atoms with Crippen molar-refractivity contribution in [1.82, 2.24) is 4.90 Å². The Kier molecular flexibility index (Phi) is 6.81. The maximum atomic E-state index is 12.6. The van der Waals surface area contributed by atoms with E-state index in [0.717, 1.165) is 22.6 Å². The Morgan fingerprint density at radius 1 is 1.03 bits per heavy atom. The van der Waals surface area contributed by atoms with Crippen molar-refractivity contribution in [2.75, 3.05) is 25.5 Å². The highest BCUT2D eigenvalue weighted by Crippen LogP contribution is 2.18. The second-order valence-electron chi connectivity index (χ2n) is 7.01. The standard InChI is InChI=1S/C23H25N3O3/c1-17-10-12-19(13-11-17)25-21(27)16-26(2)22(28)15-24-23(20-9-6-14-29-20)18-7-4-3-5-8-18/h3-14,23-24H,15-16H2,1-2H3,(H,25,27)/p+1/t23-/m1/s1. The predicted molar refractivity (Wildman–Crippen MR) is 111 cm³/mol. The van der Waals surface area contributed by atoms with E-state index in [2.05, 4.69) is 5.32 Å². The van der Waals surface area contributed by atoms with Crippen molar-refractivity contribution in [2.24, 2.45) is 0 Å². The van der Waals surface area contributed by atoms with Gasteiger partial charge in [0.1, 0.15) is 0 Å². The van der Waals surface area contributed by atoms with Crippen molar-refractivity contribution in [2.45, 2.75) is 13.0 Å². The number of carbonyl (C=O) groups is 2. The third-order valence-corrected chi connectivity index (χ3v) is 4.68. The summed E-state index contributed by atoms with van der Waals surface area (Å²) in [6.45, 7) is 2.19. The molecular weight excluding hydrogens is 366 g/mol. The molecule has 0 fully saturated rings. The Labute approximate surface area is 170 Å². The molecular formula is C23H26N3O3+. The average molecular weight is 392 g/mol. The fourth-order valence-electron chi connectivity index (χ4n) is 3.06. The van der Waals surface area contributed by atoms with Crippen LogP contribution in [0.5, 0.6) is 0 Å². The van der Waals surface area contributed by atoms with E-state index in [-0.39, 0.29) is 30.9 Å². The van der Waals surface area contributed by atoms with Crippen molar-refractivity contribution in [3.63, 3.8) is 0 Å². The lowest BCUT2D eigenvalue weighted by Crippen LogP contribution is -2.87. The average Bonchev–Trinajstić information content (AvgIpc) is 3.25.